The molecular weight excluding hydrogens is 223 g/mol. The molecule has 1 N–H and O–H groups in total. The van der Waals surface area contributed by atoms with Crippen LogP contribution in [0.15, 0.2) is 29.3 Å². The molecule has 4 nitrogen and oxygen atoms in total. The Morgan fingerprint density at radius 3 is 2.88 bits per heavy atom. The summed E-state index contributed by atoms with van der Waals surface area (Å²) in [6.07, 6.45) is 0.850. The largest absolute Gasteiger partial charge is 0.468 e. The minimum Gasteiger partial charge on any atom is -0.468 e. The Labute approximate surface area is 99.5 Å². The van der Waals surface area contributed by atoms with Gasteiger partial charge in [-0.2, -0.15) is 0 Å². The number of halogens is 1. The molecule has 1 amide bonds. The summed E-state index contributed by atoms with van der Waals surface area (Å²) in [6, 6.07) is 5.56. The number of hydrogen-bond acceptors (Lipinski definition) is 3. The first kappa shape index (κ1) is 13.2. The van der Waals surface area contributed by atoms with E-state index in [1.54, 1.807) is 0 Å². The Hall–Kier alpha value is -1.91. The maximum Gasteiger partial charge on any atom is 0.291 e. The number of nitrogens with zero attached hydrogens (tertiary/aromatic N) is 1. The zero-order valence-corrected chi connectivity index (χ0v) is 9.87. The normalized spacial score (nSPS) is 11.1. The first-order valence-electron chi connectivity index (χ1n) is 5.32. The number of benzene rings is 1. The number of amidine groups is 1. The van der Waals surface area contributed by atoms with Crippen LogP contribution < -0.4 is 5.32 Å². The molecule has 1 aromatic rings. The molecule has 0 spiro atoms. The number of carbonyl (C=O) groups excluding carboxylic acids is 1. The van der Waals surface area contributed by atoms with E-state index < -0.39 is 11.7 Å². The molecule has 1 aromatic carbocycles. The number of ether oxygens (including phenoxy) is 1. The van der Waals surface area contributed by atoms with Gasteiger partial charge < -0.3 is 4.74 Å². The predicted octanol–water partition coefficient (Wildman–Crippen LogP) is 1.97. The highest BCUT2D eigenvalue weighted by molar-refractivity contribution is 6.04. The van der Waals surface area contributed by atoms with Crippen LogP contribution in [0.2, 0.25) is 0 Å². The Kier molecular flexibility index (Phi) is 5.13. The second kappa shape index (κ2) is 6.62. The average molecular weight is 238 g/mol. The number of hydrogen-bond donors (Lipinski definition) is 1. The molecule has 5 heteroatoms. The molecule has 0 aromatic heterocycles. The Morgan fingerprint density at radius 1 is 1.53 bits per heavy atom. The fraction of sp³-hybridized carbons (Fsp3) is 0.333. The number of rotatable bonds is 3. The summed E-state index contributed by atoms with van der Waals surface area (Å²) in [5.41, 5.74) is 0.228. The van der Waals surface area contributed by atoms with Crippen molar-refractivity contribution in [1.29, 1.82) is 0 Å². The van der Waals surface area contributed by atoms with E-state index >= 15 is 0 Å². The van der Waals surface area contributed by atoms with Gasteiger partial charge in [-0.1, -0.05) is 13.0 Å². The quantitative estimate of drug-likeness (QED) is 0.646. The van der Waals surface area contributed by atoms with Crippen LogP contribution in [-0.4, -0.2) is 25.6 Å². The van der Waals surface area contributed by atoms with Gasteiger partial charge in [0.05, 0.1) is 7.11 Å². The van der Waals surface area contributed by atoms with Crippen molar-refractivity contribution in [3.05, 3.63) is 35.6 Å². The third-order valence-corrected chi connectivity index (χ3v) is 1.98. The van der Waals surface area contributed by atoms with Crippen LogP contribution in [-0.2, 0) is 4.74 Å². The highest BCUT2D eigenvalue weighted by Gasteiger charge is 2.09. The monoisotopic (exact) mass is 238 g/mol. The Bertz CT molecular complexity index is 419. The summed E-state index contributed by atoms with van der Waals surface area (Å²) in [5, 5.41) is 2.47. The topological polar surface area (TPSA) is 50.7 Å². The molecule has 0 unspecified atom stereocenters. The van der Waals surface area contributed by atoms with Crippen LogP contribution in [0.3, 0.4) is 0 Å². The van der Waals surface area contributed by atoms with Gasteiger partial charge in [-0.25, -0.2) is 9.38 Å². The van der Waals surface area contributed by atoms with Crippen molar-refractivity contribution in [3.8, 4) is 0 Å². The molecule has 0 radical (unpaired) electrons. The molecule has 0 saturated carbocycles. The van der Waals surface area contributed by atoms with E-state index in [9.17, 15) is 9.18 Å². The first-order chi connectivity index (χ1) is 8.17. The minimum absolute atomic E-state index is 0.140. The van der Waals surface area contributed by atoms with Crippen molar-refractivity contribution in [2.45, 2.75) is 13.3 Å². The number of amides is 1. The summed E-state index contributed by atoms with van der Waals surface area (Å²) in [6.45, 7) is 2.53. The molecule has 0 aliphatic heterocycles. The molecule has 0 saturated heterocycles. The van der Waals surface area contributed by atoms with Crippen molar-refractivity contribution >= 4 is 11.9 Å². The van der Waals surface area contributed by atoms with E-state index in [1.807, 2.05) is 6.92 Å². The molecule has 0 aliphatic carbocycles. The SMILES string of the molecule is CCCN=C(NC(=O)c1cccc(F)c1)OC. The number of nitrogens with one attached hydrogen (secondary N) is 1. The van der Waals surface area contributed by atoms with E-state index in [0.717, 1.165) is 12.5 Å². The van der Waals surface area contributed by atoms with Crippen molar-refractivity contribution < 1.29 is 13.9 Å². The smallest absolute Gasteiger partial charge is 0.291 e. The van der Waals surface area contributed by atoms with E-state index in [0.29, 0.717) is 6.54 Å². The third-order valence-electron chi connectivity index (χ3n) is 1.98. The maximum atomic E-state index is 12.9. The van der Waals surface area contributed by atoms with Crippen molar-refractivity contribution in [2.75, 3.05) is 13.7 Å². The predicted molar refractivity (Wildman–Crippen MR) is 63.5 cm³/mol. The fourth-order valence-electron chi connectivity index (χ4n) is 1.17. The highest BCUT2D eigenvalue weighted by Crippen LogP contribution is 2.03. The summed E-state index contributed by atoms with van der Waals surface area (Å²) >= 11 is 0. The Balaban J connectivity index is 2.71. The van der Waals surface area contributed by atoms with Gasteiger partial charge in [-0.05, 0) is 24.6 Å². The van der Waals surface area contributed by atoms with Crippen molar-refractivity contribution in [1.82, 2.24) is 5.32 Å². The molecule has 0 aliphatic rings. The van der Waals surface area contributed by atoms with Crippen molar-refractivity contribution in [2.24, 2.45) is 4.99 Å². The summed E-state index contributed by atoms with van der Waals surface area (Å²) in [7, 11) is 1.42. The lowest BCUT2D eigenvalue weighted by Gasteiger charge is -2.07. The van der Waals surface area contributed by atoms with Gasteiger partial charge in [-0.3, -0.25) is 10.1 Å². The van der Waals surface area contributed by atoms with Gasteiger partial charge in [0, 0.05) is 12.1 Å². The number of carbonyl (C=O) groups is 1. The first-order valence-corrected chi connectivity index (χ1v) is 5.32. The molecule has 1 rings (SSSR count). The lowest BCUT2D eigenvalue weighted by molar-refractivity contribution is 0.0968. The lowest BCUT2D eigenvalue weighted by atomic mass is 10.2. The van der Waals surface area contributed by atoms with Gasteiger partial charge in [0.15, 0.2) is 0 Å². The van der Waals surface area contributed by atoms with Gasteiger partial charge in [0.2, 0.25) is 0 Å². The fourth-order valence-corrected chi connectivity index (χ4v) is 1.17. The Morgan fingerprint density at radius 2 is 2.29 bits per heavy atom. The summed E-state index contributed by atoms with van der Waals surface area (Å²) < 4.78 is 17.8. The summed E-state index contributed by atoms with van der Waals surface area (Å²) in [4.78, 5) is 15.7. The number of methoxy groups -OCH3 is 1. The second-order valence-corrected chi connectivity index (χ2v) is 3.36. The standard InChI is InChI=1S/C12H15FN2O2/c1-3-7-14-12(17-2)15-11(16)9-5-4-6-10(13)8-9/h4-6,8H,3,7H2,1-2H3,(H,14,15,16). The van der Waals surface area contributed by atoms with Crippen LogP contribution in [0.25, 0.3) is 0 Å². The molecule has 0 heterocycles. The van der Waals surface area contributed by atoms with Gasteiger partial charge in [-0.15, -0.1) is 0 Å². The van der Waals surface area contributed by atoms with E-state index in [1.165, 1.54) is 25.3 Å². The van der Waals surface area contributed by atoms with Crippen molar-refractivity contribution in [3.63, 3.8) is 0 Å². The second-order valence-electron chi connectivity index (χ2n) is 3.36. The summed E-state index contributed by atoms with van der Waals surface area (Å²) in [5.74, 6) is -0.900. The van der Waals surface area contributed by atoms with Crippen LogP contribution in [0.1, 0.15) is 23.7 Å². The van der Waals surface area contributed by atoms with Crippen LogP contribution in [0.5, 0.6) is 0 Å². The third kappa shape index (κ3) is 4.22. The zero-order valence-electron chi connectivity index (χ0n) is 9.87. The molecule has 17 heavy (non-hydrogen) atoms. The van der Waals surface area contributed by atoms with E-state index in [-0.39, 0.29) is 11.6 Å². The van der Waals surface area contributed by atoms with Gasteiger partial charge in [0.1, 0.15) is 5.82 Å². The number of aliphatic imine (C=N–C) groups is 1. The van der Waals surface area contributed by atoms with Crippen LogP contribution >= 0.6 is 0 Å². The average Bonchev–Trinajstić information content (AvgIpc) is 2.34. The van der Waals surface area contributed by atoms with Crippen LogP contribution in [0, 0.1) is 5.82 Å². The van der Waals surface area contributed by atoms with Gasteiger partial charge >= 0.3 is 0 Å². The van der Waals surface area contributed by atoms with E-state index in [4.69, 9.17) is 4.74 Å². The maximum absolute atomic E-state index is 12.9. The molecule has 0 bridgehead atoms. The molecule has 0 atom stereocenters. The van der Waals surface area contributed by atoms with E-state index in [2.05, 4.69) is 10.3 Å². The van der Waals surface area contributed by atoms with Gasteiger partial charge in [0.25, 0.3) is 11.9 Å². The molecular formula is C12H15FN2O2. The highest BCUT2D eigenvalue weighted by atomic mass is 19.1. The minimum atomic E-state index is -0.456. The lowest BCUT2D eigenvalue weighted by Crippen LogP contribution is -2.32. The van der Waals surface area contributed by atoms with Crippen LogP contribution in [0.4, 0.5) is 4.39 Å². The molecule has 92 valence electrons. The molecule has 0 fully saturated rings. The zero-order chi connectivity index (χ0) is 12.7.